The first-order valence-corrected chi connectivity index (χ1v) is 10.7. The molecule has 0 saturated heterocycles. The van der Waals surface area contributed by atoms with Crippen molar-refractivity contribution in [1.29, 1.82) is 0 Å². The number of rotatable bonds is 5. The Labute approximate surface area is 159 Å². The van der Waals surface area contributed by atoms with Crippen LogP contribution < -0.4 is 0 Å². The van der Waals surface area contributed by atoms with Gasteiger partial charge in [-0.15, -0.1) is 0 Å². The van der Waals surface area contributed by atoms with Gasteiger partial charge in [0, 0.05) is 0 Å². The topological polar surface area (TPSA) is 0 Å². The smallest absolute Gasteiger partial charge is 0.00549 e. The number of hydrogen-bond acceptors (Lipinski definition) is 0. The minimum Gasteiger partial charge on any atom is -0.0651 e. The maximum atomic E-state index is 2.53. The van der Waals surface area contributed by atoms with E-state index in [-0.39, 0.29) is 0 Å². The van der Waals surface area contributed by atoms with Crippen LogP contribution in [0.15, 0.2) is 42.0 Å². The molecule has 0 heteroatoms. The predicted molar refractivity (Wildman–Crippen MR) is 113 cm³/mol. The molecule has 2 aliphatic rings. The molecule has 1 fully saturated rings. The van der Waals surface area contributed by atoms with E-state index in [0.29, 0.717) is 0 Å². The van der Waals surface area contributed by atoms with E-state index in [9.17, 15) is 0 Å². The summed E-state index contributed by atoms with van der Waals surface area (Å²) in [4.78, 5) is 0. The minimum atomic E-state index is 0.932. The fraction of sp³-hybridized carbons (Fsp3) is 0.462. The third-order valence-corrected chi connectivity index (χ3v) is 6.42. The monoisotopic (exact) mass is 344 g/mol. The van der Waals surface area contributed by atoms with Crippen LogP contribution in [0.25, 0.3) is 17.2 Å². The molecule has 0 bridgehead atoms. The van der Waals surface area contributed by atoms with Crippen LogP contribution in [0.4, 0.5) is 0 Å². The fourth-order valence-electron chi connectivity index (χ4n) is 4.94. The fourth-order valence-corrected chi connectivity index (χ4v) is 4.94. The summed E-state index contributed by atoms with van der Waals surface area (Å²) in [6.45, 7) is 4.53. The van der Waals surface area contributed by atoms with Crippen LogP contribution >= 0.6 is 0 Å². The van der Waals surface area contributed by atoms with Crippen molar-refractivity contribution < 1.29 is 0 Å². The highest BCUT2D eigenvalue weighted by molar-refractivity contribution is 5.81. The lowest BCUT2D eigenvalue weighted by Gasteiger charge is -2.21. The van der Waals surface area contributed by atoms with Crippen LogP contribution in [0.3, 0.4) is 0 Å². The van der Waals surface area contributed by atoms with E-state index in [0.717, 1.165) is 5.92 Å². The Morgan fingerprint density at radius 2 is 1.69 bits per heavy atom. The molecule has 0 radical (unpaired) electrons. The van der Waals surface area contributed by atoms with E-state index in [4.69, 9.17) is 0 Å². The van der Waals surface area contributed by atoms with Crippen molar-refractivity contribution in [3.05, 3.63) is 64.2 Å². The number of allylic oxidation sites excluding steroid dienone is 1. The molecule has 0 nitrogen and oxygen atoms in total. The van der Waals surface area contributed by atoms with Crippen LogP contribution in [0, 0.1) is 12.8 Å². The van der Waals surface area contributed by atoms with Gasteiger partial charge in [-0.2, -0.15) is 0 Å². The molecule has 0 aromatic heterocycles. The van der Waals surface area contributed by atoms with Gasteiger partial charge in [0.2, 0.25) is 0 Å². The SMILES string of the molecule is CCCc1ccc(-c2ccc(C)c3c2C=C(CC2CCCCC2)C3)cc1. The average Bonchev–Trinajstić information content (AvgIpc) is 3.08. The highest BCUT2D eigenvalue weighted by Gasteiger charge is 2.22. The summed E-state index contributed by atoms with van der Waals surface area (Å²) in [7, 11) is 0. The van der Waals surface area contributed by atoms with Gasteiger partial charge in [0.15, 0.2) is 0 Å². The molecule has 4 rings (SSSR count). The summed E-state index contributed by atoms with van der Waals surface area (Å²) in [5.41, 5.74) is 10.5. The second-order valence-corrected chi connectivity index (χ2v) is 8.46. The maximum Gasteiger partial charge on any atom is -0.00549 e. The number of benzene rings is 2. The lowest BCUT2D eigenvalue weighted by molar-refractivity contribution is 0.355. The third-order valence-electron chi connectivity index (χ3n) is 6.42. The van der Waals surface area contributed by atoms with Gasteiger partial charge in [0.25, 0.3) is 0 Å². The van der Waals surface area contributed by atoms with E-state index in [2.05, 4.69) is 56.3 Å². The Kier molecular flexibility index (Phi) is 5.29. The second-order valence-electron chi connectivity index (χ2n) is 8.46. The molecule has 26 heavy (non-hydrogen) atoms. The van der Waals surface area contributed by atoms with Crippen LogP contribution in [0.2, 0.25) is 0 Å². The first kappa shape index (κ1) is 17.6. The maximum absolute atomic E-state index is 2.53. The van der Waals surface area contributed by atoms with Gasteiger partial charge >= 0.3 is 0 Å². The Balaban J connectivity index is 1.61. The van der Waals surface area contributed by atoms with E-state index >= 15 is 0 Å². The summed E-state index contributed by atoms with van der Waals surface area (Å²) < 4.78 is 0. The Hall–Kier alpha value is -1.82. The molecule has 2 aliphatic carbocycles. The van der Waals surface area contributed by atoms with Crippen molar-refractivity contribution in [3.63, 3.8) is 0 Å². The van der Waals surface area contributed by atoms with Gasteiger partial charge < -0.3 is 0 Å². The number of hydrogen-bond donors (Lipinski definition) is 0. The molecule has 1 saturated carbocycles. The zero-order valence-electron chi connectivity index (χ0n) is 16.5. The summed E-state index contributed by atoms with van der Waals surface area (Å²) in [5.74, 6) is 0.932. The van der Waals surface area contributed by atoms with Crippen molar-refractivity contribution in [1.82, 2.24) is 0 Å². The Morgan fingerprint density at radius 3 is 2.42 bits per heavy atom. The molecule has 0 aliphatic heterocycles. The van der Waals surface area contributed by atoms with Gasteiger partial charge in [0.05, 0.1) is 0 Å². The first-order valence-electron chi connectivity index (χ1n) is 10.7. The lowest BCUT2D eigenvalue weighted by atomic mass is 9.84. The van der Waals surface area contributed by atoms with Crippen LogP contribution in [-0.4, -0.2) is 0 Å². The Morgan fingerprint density at radius 1 is 0.923 bits per heavy atom. The molecular weight excluding hydrogens is 312 g/mol. The van der Waals surface area contributed by atoms with Gasteiger partial charge in [-0.25, -0.2) is 0 Å². The third kappa shape index (κ3) is 3.65. The van der Waals surface area contributed by atoms with Gasteiger partial charge in [0.1, 0.15) is 0 Å². The van der Waals surface area contributed by atoms with Gasteiger partial charge in [-0.1, -0.05) is 93.5 Å². The highest BCUT2D eigenvalue weighted by atomic mass is 14.3. The Bertz CT molecular complexity index is 786. The van der Waals surface area contributed by atoms with E-state index in [1.807, 2.05) is 0 Å². The van der Waals surface area contributed by atoms with E-state index < -0.39 is 0 Å². The number of aryl methyl sites for hydroxylation is 2. The van der Waals surface area contributed by atoms with E-state index in [1.54, 1.807) is 11.1 Å². The van der Waals surface area contributed by atoms with Crippen LogP contribution in [0.1, 0.15) is 74.1 Å². The van der Waals surface area contributed by atoms with Crippen molar-refractivity contribution in [2.45, 2.75) is 71.6 Å². The summed E-state index contributed by atoms with van der Waals surface area (Å²) in [5, 5.41) is 0. The number of fused-ring (bicyclic) bond motifs is 1. The molecule has 0 unspecified atom stereocenters. The van der Waals surface area contributed by atoms with Crippen molar-refractivity contribution in [3.8, 4) is 11.1 Å². The molecule has 0 spiro atoms. The zero-order valence-corrected chi connectivity index (χ0v) is 16.5. The molecular formula is C26H32. The quantitative estimate of drug-likeness (QED) is 0.526. The second kappa shape index (κ2) is 7.82. The van der Waals surface area contributed by atoms with E-state index in [1.165, 1.54) is 85.6 Å². The summed E-state index contributed by atoms with van der Waals surface area (Å²) in [6.07, 6.45) is 14.7. The van der Waals surface area contributed by atoms with Crippen LogP contribution in [0.5, 0.6) is 0 Å². The van der Waals surface area contributed by atoms with Crippen molar-refractivity contribution in [2.24, 2.45) is 5.92 Å². The minimum absolute atomic E-state index is 0.932. The first-order chi connectivity index (χ1) is 12.7. The molecule has 2 aromatic carbocycles. The lowest BCUT2D eigenvalue weighted by Crippen LogP contribution is -2.07. The molecule has 2 aromatic rings. The standard InChI is InChI=1S/C26H32/c1-3-7-20-11-13-23(14-12-20)24-15-10-19(2)25-17-22(18-26(24)25)16-21-8-5-4-6-9-21/h10-15,18,21H,3-9,16-17H2,1-2H3. The zero-order chi connectivity index (χ0) is 17.9. The highest BCUT2D eigenvalue weighted by Crippen LogP contribution is 2.39. The predicted octanol–water partition coefficient (Wildman–Crippen LogP) is 7.52. The normalized spacial score (nSPS) is 17.2. The molecule has 0 heterocycles. The average molecular weight is 345 g/mol. The summed E-state index contributed by atoms with van der Waals surface area (Å²) in [6, 6.07) is 13.9. The van der Waals surface area contributed by atoms with Gasteiger partial charge in [-0.05, 0) is 65.5 Å². The van der Waals surface area contributed by atoms with Crippen molar-refractivity contribution >= 4 is 6.08 Å². The molecule has 0 atom stereocenters. The largest absolute Gasteiger partial charge is 0.0651 e. The summed E-state index contributed by atoms with van der Waals surface area (Å²) >= 11 is 0. The van der Waals surface area contributed by atoms with Gasteiger partial charge in [-0.3, -0.25) is 0 Å². The molecule has 0 N–H and O–H groups in total. The van der Waals surface area contributed by atoms with Crippen molar-refractivity contribution in [2.75, 3.05) is 0 Å². The molecule has 136 valence electrons. The molecule has 0 amide bonds. The van der Waals surface area contributed by atoms with Crippen LogP contribution in [-0.2, 0) is 12.8 Å².